The van der Waals surface area contributed by atoms with Gasteiger partial charge in [-0.2, -0.15) is 5.10 Å². The summed E-state index contributed by atoms with van der Waals surface area (Å²) in [6.45, 7) is 0.371. The van der Waals surface area contributed by atoms with Crippen LogP contribution in [0.1, 0.15) is 15.9 Å². The topological polar surface area (TPSA) is 46.9 Å². The molecular weight excluding hydrogens is 352 g/mol. The molecule has 0 aliphatic carbocycles. The summed E-state index contributed by atoms with van der Waals surface area (Å²) in [5, 5.41) is 7.85. The average Bonchev–Trinajstić information content (AvgIpc) is 2.98. The van der Waals surface area contributed by atoms with Gasteiger partial charge >= 0.3 is 0 Å². The first-order valence-corrected chi connectivity index (χ1v) is 7.81. The zero-order chi connectivity index (χ0) is 17.1. The van der Waals surface area contributed by atoms with Gasteiger partial charge < -0.3 is 5.32 Å². The van der Waals surface area contributed by atoms with Crippen LogP contribution in [0.25, 0.3) is 0 Å². The number of carbonyl (C=O) groups is 1. The first kappa shape index (κ1) is 16.5. The third-order valence-electron chi connectivity index (χ3n) is 3.34. The second-order valence-corrected chi connectivity index (χ2v) is 5.94. The maximum absolute atomic E-state index is 13.1. The van der Waals surface area contributed by atoms with E-state index in [1.54, 1.807) is 47.3 Å². The van der Waals surface area contributed by atoms with E-state index in [9.17, 15) is 9.18 Å². The smallest absolute Gasteiger partial charge is 0.256 e. The number of carbonyl (C=O) groups excluding carboxylic acids is 1. The van der Waals surface area contributed by atoms with Gasteiger partial charge in [0.15, 0.2) is 5.82 Å². The second kappa shape index (κ2) is 7.03. The minimum atomic E-state index is -0.389. The van der Waals surface area contributed by atoms with Gasteiger partial charge in [0.2, 0.25) is 0 Å². The van der Waals surface area contributed by atoms with Crippen LogP contribution in [-0.2, 0) is 6.54 Å². The molecule has 0 saturated carbocycles. The SMILES string of the molecule is O=C(Nc1ccn(Cc2ccc(F)cc2Cl)n1)c1ccc(Cl)cc1. The minimum absolute atomic E-state index is 0.281. The lowest BCUT2D eigenvalue weighted by atomic mass is 10.2. The van der Waals surface area contributed by atoms with Gasteiger partial charge in [-0.05, 0) is 42.0 Å². The molecule has 0 radical (unpaired) electrons. The zero-order valence-corrected chi connectivity index (χ0v) is 13.9. The van der Waals surface area contributed by atoms with Crippen molar-refractivity contribution >= 4 is 34.9 Å². The van der Waals surface area contributed by atoms with Crippen LogP contribution in [0, 0.1) is 5.82 Å². The van der Waals surface area contributed by atoms with Crippen LogP contribution in [0.2, 0.25) is 10.0 Å². The minimum Gasteiger partial charge on any atom is -0.305 e. The van der Waals surface area contributed by atoms with E-state index >= 15 is 0 Å². The van der Waals surface area contributed by atoms with E-state index in [0.29, 0.717) is 28.0 Å². The zero-order valence-electron chi connectivity index (χ0n) is 12.3. The predicted molar refractivity (Wildman–Crippen MR) is 92.1 cm³/mol. The van der Waals surface area contributed by atoms with Crippen molar-refractivity contribution < 1.29 is 9.18 Å². The van der Waals surface area contributed by atoms with Crippen LogP contribution in [0.5, 0.6) is 0 Å². The Morgan fingerprint density at radius 1 is 1.12 bits per heavy atom. The van der Waals surface area contributed by atoms with Crippen molar-refractivity contribution in [2.45, 2.75) is 6.54 Å². The third-order valence-corrected chi connectivity index (χ3v) is 3.94. The van der Waals surface area contributed by atoms with E-state index in [0.717, 1.165) is 5.56 Å². The molecule has 0 atom stereocenters. The fourth-order valence-corrected chi connectivity index (χ4v) is 2.48. The van der Waals surface area contributed by atoms with Crippen molar-refractivity contribution in [1.82, 2.24) is 9.78 Å². The predicted octanol–water partition coefficient (Wildman–Crippen LogP) is 4.63. The highest BCUT2D eigenvalue weighted by Gasteiger charge is 2.09. The highest BCUT2D eigenvalue weighted by Crippen LogP contribution is 2.19. The average molecular weight is 364 g/mol. The van der Waals surface area contributed by atoms with Gasteiger partial charge in [-0.15, -0.1) is 0 Å². The van der Waals surface area contributed by atoms with Crippen molar-refractivity contribution in [1.29, 1.82) is 0 Å². The lowest BCUT2D eigenvalue weighted by Crippen LogP contribution is -2.12. The number of halogens is 3. The van der Waals surface area contributed by atoms with Gasteiger partial charge in [0.25, 0.3) is 5.91 Å². The molecule has 0 fully saturated rings. The van der Waals surface area contributed by atoms with Crippen molar-refractivity contribution in [3.63, 3.8) is 0 Å². The molecule has 122 valence electrons. The molecule has 1 heterocycles. The standard InChI is InChI=1S/C17H12Cl2FN3O/c18-13-4-1-11(2-5-13)17(24)21-16-7-8-23(22-16)10-12-3-6-14(20)9-15(12)19/h1-9H,10H2,(H,21,22,24). The van der Waals surface area contributed by atoms with E-state index in [2.05, 4.69) is 10.4 Å². The summed E-state index contributed by atoms with van der Waals surface area (Å²) in [4.78, 5) is 12.1. The van der Waals surface area contributed by atoms with Crippen LogP contribution >= 0.6 is 23.2 Å². The summed E-state index contributed by atoms with van der Waals surface area (Å²) in [5.74, 6) is -0.259. The number of anilines is 1. The number of nitrogens with one attached hydrogen (secondary N) is 1. The van der Waals surface area contributed by atoms with Crippen molar-refractivity contribution in [2.24, 2.45) is 0 Å². The summed E-state index contributed by atoms with van der Waals surface area (Å²) in [6.07, 6.45) is 1.71. The molecule has 3 aromatic rings. The van der Waals surface area contributed by atoms with Crippen LogP contribution in [0.4, 0.5) is 10.2 Å². The van der Waals surface area contributed by atoms with Crippen molar-refractivity contribution in [2.75, 3.05) is 5.32 Å². The lowest BCUT2D eigenvalue weighted by molar-refractivity contribution is 0.102. The van der Waals surface area contributed by atoms with Crippen LogP contribution in [0.3, 0.4) is 0 Å². The van der Waals surface area contributed by atoms with Gasteiger partial charge in [0, 0.05) is 27.9 Å². The first-order valence-electron chi connectivity index (χ1n) is 7.05. The summed E-state index contributed by atoms with van der Waals surface area (Å²) in [6, 6.07) is 12.4. The van der Waals surface area contributed by atoms with Crippen molar-refractivity contribution in [3.05, 3.63) is 81.7 Å². The molecule has 0 saturated heterocycles. The maximum Gasteiger partial charge on any atom is 0.256 e. The number of benzene rings is 2. The number of hydrogen-bond donors (Lipinski definition) is 1. The fraction of sp³-hybridized carbons (Fsp3) is 0.0588. The summed E-state index contributed by atoms with van der Waals surface area (Å²) >= 11 is 11.8. The van der Waals surface area contributed by atoms with Gasteiger partial charge in [-0.25, -0.2) is 4.39 Å². The Balaban J connectivity index is 1.69. The molecule has 0 bridgehead atoms. The lowest BCUT2D eigenvalue weighted by Gasteiger charge is -2.05. The van der Waals surface area contributed by atoms with Gasteiger partial charge in [-0.1, -0.05) is 29.3 Å². The maximum atomic E-state index is 13.1. The van der Waals surface area contributed by atoms with Gasteiger partial charge in [0.1, 0.15) is 5.82 Å². The Hall–Kier alpha value is -2.37. The van der Waals surface area contributed by atoms with Gasteiger partial charge in [0.05, 0.1) is 6.54 Å². The Morgan fingerprint density at radius 2 is 1.88 bits per heavy atom. The van der Waals surface area contributed by atoms with E-state index in [1.165, 1.54) is 12.1 Å². The van der Waals surface area contributed by atoms with Gasteiger partial charge in [-0.3, -0.25) is 9.48 Å². The molecule has 4 nitrogen and oxygen atoms in total. The van der Waals surface area contributed by atoms with E-state index < -0.39 is 0 Å². The molecule has 1 N–H and O–H groups in total. The summed E-state index contributed by atoms with van der Waals surface area (Å²) in [7, 11) is 0. The number of nitrogens with zero attached hydrogens (tertiary/aromatic N) is 2. The molecule has 0 aliphatic rings. The van der Waals surface area contributed by atoms with E-state index in [1.807, 2.05) is 0 Å². The Kier molecular flexibility index (Phi) is 4.83. The third kappa shape index (κ3) is 3.93. The highest BCUT2D eigenvalue weighted by molar-refractivity contribution is 6.31. The van der Waals surface area contributed by atoms with Crippen LogP contribution in [0.15, 0.2) is 54.7 Å². The molecule has 24 heavy (non-hydrogen) atoms. The Bertz CT molecular complexity index is 878. The quantitative estimate of drug-likeness (QED) is 0.734. The van der Waals surface area contributed by atoms with E-state index in [4.69, 9.17) is 23.2 Å². The molecule has 2 aromatic carbocycles. The highest BCUT2D eigenvalue weighted by atomic mass is 35.5. The number of amides is 1. The number of rotatable bonds is 4. The summed E-state index contributed by atoms with van der Waals surface area (Å²) < 4.78 is 14.7. The Morgan fingerprint density at radius 3 is 2.58 bits per heavy atom. The monoisotopic (exact) mass is 363 g/mol. The molecule has 7 heteroatoms. The Labute approximate surface area is 147 Å². The van der Waals surface area contributed by atoms with Crippen LogP contribution < -0.4 is 5.32 Å². The second-order valence-electron chi connectivity index (χ2n) is 5.10. The van der Waals surface area contributed by atoms with Crippen LogP contribution in [-0.4, -0.2) is 15.7 Å². The molecule has 0 spiro atoms. The molecule has 0 aliphatic heterocycles. The normalized spacial score (nSPS) is 10.6. The first-order chi connectivity index (χ1) is 11.5. The molecule has 1 amide bonds. The molecule has 1 aromatic heterocycles. The molecular formula is C17H12Cl2FN3O. The molecule has 3 rings (SSSR count). The summed E-state index contributed by atoms with van der Waals surface area (Å²) in [5.41, 5.74) is 1.22. The molecule has 0 unspecified atom stereocenters. The fourth-order valence-electron chi connectivity index (χ4n) is 2.13. The van der Waals surface area contributed by atoms with E-state index in [-0.39, 0.29) is 11.7 Å². The number of aromatic nitrogens is 2. The largest absolute Gasteiger partial charge is 0.305 e. The number of hydrogen-bond acceptors (Lipinski definition) is 2. The van der Waals surface area contributed by atoms with Crippen molar-refractivity contribution in [3.8, 4) is 0 Å².